The molecular formula is C19H24N6O2. The fraction of sp³-hybridized carbons (Fsp3) is 0.421. The summed E-state index contributed by atoms with van der Waals surface area (Å²) >= 11 is 0. The summed E-state index contributed by atoms with van der Waals surface area (Å²) in [5.41, 5.74) is 2.00. The Morgan fingerprint density at radius 2 is 2.26 bits per heavy atom. The van der Waals surface area contributed by atoms with E-state index in [0.29, 0.717) is 6.54 Å². The number of carbonyl (C=O) groups is 1. The average molecular weight is 368 g/mol. The summed E-state index contributed by atoms with van der Waals surface area (Å²) in [7, 11) is 1.93. The first kappa shape index (κ1) is 17.5. The highest BCUT2D eigenvalue weighted by Gasteiger charge is 2.26. The highest BCUT2D eigenvalue weighted by molar-refractivity contribution is 5.77. The second-order valence-corrected chi connectivity index (χ2v) is 6.99. The Bertz CT molecular complexity index is 911. The Morgan fingerprint density at radius 3 is 3.00 bits per heavy atom. The predicted octanol–water partition coefficient (Wildman–Crippen LogP) is 1.65. The van der Waals surface area contributed by atoms with Gasteiger partial charge in [0.25, 0.3) is 0 Å². The topological polar surface area (TPSA) is 81.1 Å². The first-order valence-corrected chi connectivity index (χ1v) is 9.15. The SMILES string of the molecule is C[C@@H]1c2nc(CC(=O)NCc3ccco3)cn2CCN1Cc1cnn(C)c1. The molecule has 0 aromatic carbocycles. The van der Waals surface area contributed by atoms with Gasteiger partial charge in [-0.1, -0.05) is 0 Å². The number of carbonyl (C=O) groups excluding carboxylic acids is 1. The monoisotopic (exact) mass is 368 g/mol. The summed E-state index contributed by atoms with van der Waals surface area (Å²) in [6.45, 7) is 5.23. The largest absolute Gasteiger partial charge is 0.467 e. The maximum atomic E-state index is 12.2. The summed E-state index contributed by atoms with van der Waals surface area (Å²) in [5, 5.41) is 7.11. The number of nitrogens with one attached hydrogen (secondary N) is 1. The van der Waals surface area contributed by atoms with Crippen LogP contribution in [0.15, 0.2) is 41.4 Å². The molecule has 27 heavy (non-hydrogen) atoms. The standard InChI is InChI=1S/C19H24N6O2/c1-14-19-22-16(8-18(26)20-10-17-4-3-7-27-17)13-25(19)6-5-24(14)12-15-9-21-23(2)11-15/h3-4,7,9,11,13-14H,5-6,8,10,12H2,1-2H3,(H,20,26)/t14-/m1/s1. The van der Waals surface area contributed by atoms with Gasteiger partial charge in [0.2, 0.25) is 5.91 Å². The predicted molar refractivity (Wildman–Crippen MR) is 98.5 cm³/mol. The number of hydrogen-bond donors (Lipinski definition) is 1. The van der Waals surface area contributed by atoms with Crippen LogP contribution in [-0.2, 0) is 37.9 Å². The molecule has 1 atom stereocenters. The van der Waals surface area contributed by atoms with Crippen molar-refractivity contribution in [3.63, 3.8) is 0 Å². The van der Waals surface area contributed by atoms with Crippen LogP contribution in [0.4, 0.5) is 0 Å². The molecule has 142 valence electrons. The van der Waals surface area contributed by atoms with Crippen LogP contribution in [0.5, 0.6) is 0 Å². The Kier molecular flexibility index (Phi) is 4.81. The van der Waals surface area contributed by atoms with Gasteiger partial charge in [-0.05, 0) is 19.1 Å². The fourth-order valence-corrected chi connectivity index (χ4v) is 3.51. The van der Waals surface area contributed by atoms with Gasteiger partial charge in [0.05, 0.1) is 37.2 Å². The molecule has 4 heterocycles. The summed E-state index contributed by atoms with van der Waals surface area (Å²) in [6, 6.07) is 3.84. The van der Waals surface area contributed by atoms with E-state index in [1.165, 1.54) is 5.56 Å². The van der Waals surface area contributed by atoms with Gasteiger partial charge in [0.15, 0.2) is 0 Å². The third-order valence-corrected chi connectivity index (χ3v) is 4.93. The molecule has 8 nitrogen and oxygen atoms in total. The van der Waals surface area contributed by atoms with Crippen molar-refractivity contribution in [3.8, 4) is 0 Å². The van der Waals surface area contributed by atoms with E-state index in [0.717, 1.165) is 36.9 Å². The first-order chi connectivity index (χ1) is 13.1. The zero-order chi connectivity index (χ0) is 18.8. The highest BCUT2D eigenvalue weighted by Crippen LogP contribution is 2.26. The summed E-state index contributed by atoms with van der Waals surface area (Å²) in [5.74, 6) is 1.70. The van der Waals surface area contributed by atoms with Gasteiger partial charge >= 0.3 is 0 Å². The van der Waals surface area contributed by atoms with Crippen molar-refractivity contribution in [2.45, 2.75) is 39.0 Å². The molecule has 1 amide bonds. The molecule has 8 heteroatoms. The molecule has 0 aliphatic carbocycles. The van der Waals surface area contributed by atoms with Gasteiger partial charge in [-0.15, -0.1) is 0 Å². The molecule has 1 aliphatic heterocycles. The van der Waals surface area contributed by atoms with Gasteiger partial charge < -0.3 is 14.3 Å². The number of imidazole rings is 1. The highest BCUT2D eigenvalue weighted by atomic mass is 16.3. The molecule has 1 aliphatic rings. The van der Waals surface area contributed by atoms with Crippen molar-refractivity contribution in [1.29, 1.82) is 0 Å². The zero-order valence-corrected chi connectivity index (χ0v) is 15.6. The Morgan fingerprint density at radius 1 is 1.37 bits per heavy atom. The normalized spacial score (nSPS) is 17.0. The number of hydrogen-bond acceptors (Lipinski definition) is 5. The number of fused-ring (bicyclic) bond motifs is 1. The van der Waals surface area contributed by atoms with Crippen LogP contribution in [-0.4, -0.2) is 36.7 Å². The average Bonchev–Trinajstić information content (AvgIpc) is 3.37. The number of furan rings is 1. The second kappa shape index (κ2) is 7.40. The molecule has 0 fully saturated rings. The van der Waals surface area contributed by atoms with Crippen LogP contribution in [0, 0.1) is 0 Å². The molecule has 4 rings (SSSR count). The van der Waals surface area contributed by atoms with Crippen molar-refractivity contribution in [2.24, 2.45) is 7.05 Å². The summed E-state index contributed by atoms with van der Waals surface area (Å²) in [4.78, 5) is 19.3. The van der Waals surface area contributed by atoms with E-state index in [-0.39, 0.29) is 18.4 Å². The maximum absolute atomic E-state index is 12.2. The van der Waals surface area contributed by atoms with Gasteiger partial charge in [0, 0.05) is 44.6 Å². The number of rotatable bonds is 6. The minimum atomic E-state index is -0.0540. The van der Waals surface area contributed by atoms with Gasteiger partial charge in [-0.2, -0.15) is 5.10 Å². The fourth-order valence-electron chi connectivity index (χ4n) is 3.51. The molecule has 0 unspecified atom stereocenters. The number of aryl methyl sites for hydroxylation is 1. The van der Waals surface area contributed by atoms with Crippen LogP contribution in [0.1, 0.15) is 35.8 Å². The number of amides is 1. The lowest BCUT2D eigenvalue weighted by atomic mass is 10.2. The van der Waals surface area contributed by atoms with Crippen LogP contribution in [0.2, 0.25) is 0 Å². The lowest BCUT2D eigenvalue weighted by Crippen LogP contribution is -2.36. The minimum Gasteiger partial charge on any atom is -0.467 e. The van der Waals surface area contributed by atoms with Gasteiger partial charge in [-0.25, -0.2) is 4.98 Å². The molecule has 0 spiro atoms. The van der Waals surface area contributed by atoms with Crippen LogP contribution >= 0.6 is 0 Å². The summed E-state index contributed by atoms with van der Waals surface area (Å²) < 4.78 is 9.22. The van der Waals surface area contributed by atoms with Crippen molar-refractivity contribution >= 4 is 5.91 Å². The maximum Gasteiger partial charge on any atom is 0.226 e. The lowest BCUT2D eigenvalue weighted by molar-refractivity contribution is -0.120. The molecule has 3 aromatic rings. The van der Waals surface area contributed by atoms with E-state index in [1.807, 2.05) is 42.5 Å². The van der Waals surface area contributed by atoms with Crippen LogP contribution < -0.4 is 5.32 Å². The van der Waals surface area contributed by atoms with E-state index in [2.05, 4.69) is 26.8 Å². The quantitative estimate of drug-likeness (QED) is 0.715. The molecule has 0 saturated carbocycles. The number of nitrogens with zero attached hydrogens (tertiary/aromatic N) is 5. The van der Waals surface area contributed by atoms with Gasteiger partial charge in [-0.3, -0.25) is 14.4 Å². The van der Waals surface area contributed by atoms with E-state index >= 15 is 0 Å². The Hall–Kier alpha value is -2.87. The summed E-state index contributed by atoms with van der Waals surface area (Å²) in [6.07, 6.45) is 7.82. The minimum absolute atomic E-state index is 0.0540. The van der Waals surface area contributed by atoms with E-state index in [1.54, 1.807) is 6.26 Å². The van der Waals surface area contributed by atoms with E-state index < -0.39 is 0 Å². The van der Waals surface area contributed by atoms with E-state index in [9.17, 15) is 4.79 Å². The van der Waals surface area contributed by atoms with Crippen molar-refractivity contribution in [3.05, 3.63) is 59.8 Å². The smallest absolute Gasteiger partial charge is 0.226 e. The van der Waals surface area contributed by atoms with Crippen molar-refractivity contribution < 1.29 is 9.21 Å². The van der Waals surface area contributed by atoms with E-state index in [4.69, 9.17) is 9.40 Å². The van der Waals surface area contributed by atoms with Crippen molar-refractivity contribution in [2.75, 3.05) is 6.54 Å². The second-order valence-electron chi connectivity index (χ2n) is 6.99. The molecule has 1 N–H and O–H groups in total. The molecule has 0 radical (unpaired) electrons. The molecule has 0 bridgehead atoms. The lowest BCUT2D eigenvalue weighted by Gasteiger charge is -2.33. The zero-order valence-electron chi connectivity index (χ0n) is 15.6. The molecule has 0 saturated heterocycles. The van der Waals surface area contributed by atoms with Crippen LogP contribution in [0.3, 0.4) is 0 Å². The third-order valence-electron chi connectivity index (χ3n) is 4.93. The van der Waals surface area contributed by atoms with Crippen LogP contribution in [0.25, 0.3) is 0 Å². The van der Waals surface area contributed by atoms with Gasteiger partial charge in [0.1, 0.15) is 11.6 Å². The Labute approximate surface area is 157 Å². The molecule has 3 aromatic heterocycles. The third kappa shape index (κ3) is 3.95. The molecular weight excluding hydrogens is 344 g/mol. The van der Waals surface area contributed by atoms with Crippen molar-refractivity contribution in [1.82, 2.24) is 29.5 Å². The first-order valence-electron chi connectivity index (χ1n) is 9.15. The Balaban J connectivity index is 1.37. The number of aromatic nitrogens is 4.